The standard InChI is InChI=1S/C33H35BrClN5S/c1-20-15-21(2)19-38(18-20)30-13-12-26(17-28(30)35)40-32(31(37-33(40)41)29-7-5-6-14-36-29)27-16-22(3)39(23(27)4)25-10-8-24(34)9-11-25/h5-14,16-17,20-21,31-32H,15,18-19H2,1-4H3,(H,37,41)/t20-,21+,31-,32+/m0/s1. The number of rotatable bonds is 5. The fourth-order valence-electron chi connectivity index (χ4n) is 6.79. The number of nitrogens with one attached hydrogen (secondary N) is 1. The number of piperidine rings is 1. The molecule has 212 valence electrons. The second kappa shape index (κ2) is 11.4. The molecule has 0 saturated carbocycles. The maximum Gasteiger partial charge on any atom is 0.174 e. The molecule has 4 aromatic rings. The topological polar surface area (TPSA) is 36.3 Å². The van der Waals surface area contributed by atoms with Crippen LogP contribution in [0.5, 0.6) is 0 Å². The Labute approximate surface area is 261 Å². The number of thiocarbonyl (C=S) groups is 1. The average molecular weight is 649 g/mol. The van der Waals surface area contributed by atoms with E-state index in [1.807, 2.05) is 18.3 Å². The van der Waals surface area contributed by atoms with Gasteiger partial charge in [0, 0.05) is 46.5 Å². The zero-order valence-electron chi connectivity index (χ0n) is 23.8. The van der Waals surface area contributed by atoms with Crippen LogP contribution in [0.3, 0.4) is 0 Å². The van der Waals surface area contributed by atoms with Crippen molar-refractivity contribution in [2.45, 2.75) is 46.2 Å². The van der Waals surface area contributed by atoms with Crippen LogP contribution in [-0.4, -0.2) is 27.8 Å². The third-order valence-electron chi connectivity index (χ3n) is 8.39. The van der Waals surface area contributed by atoms with Crippen LogP contribution < -0.4 is 15.1 Å². The molecule has 4 heterocycles. The summed E-state index contributed by atoms with van der Waals surface area (Å²) in [5, 5.41) is 5.03. The third kappa shape index (κ3) is 5.40. The monoisotopic (exact) mass is 647 g/mol. The highest BCUT2D eigenvalue weighted by molar-refractivity contribution is 9.10. The van der Waals surface area contributed by atoms with E-state index in [0.717, 1.165) is 45.3 Å². The second-order valence-corrected chi connectivity index (χ2v) is 13.3. The summed E-state index contributed by atoms with van der Waals surface area (Å²) in [6.45, 7) is 11.1. The van der Waals surface area contributed by atoms with Gasteiger partial charge in [-0.15, -0.1) is 0 Å². The van der Waals surface area contributed by atoms with E-state index >= 15 is 0 Å². The van der Waals surface area contributed by atoms with Crippen molar-refractivity contribution in [3.8, 4) is 5.69 Å². The number of anilines is 2. The van der Waals surface area contributed by atoms with Gasteiger partial charge in [-0.1, -0.05) is 47.4 Å². The number of benzene rings is 2. The van der Waals surface area contributed by atoms with Crippen LogP contribution in [0.15, 0.2) is 77.4 Å². The molecule has 8 heteroatoms. The molecule has 0 aliphatic carbocycles. The Morgan fingerprint density at radius 3 is 2.32 bits per heavy atom. The van der Waals surface area contributed by atoms with Gasteiger partial charge in [-0.2, -0.15) is 0 Å². The number of hydrogen-bond donors (Lipinski definition) is 1. The van der Waals surface area contributed by atoms with E-state index in [1.165, 1.54) is 23.4 Å². The largest absolute Gasteiger partial charge is 0.370 e. The van der Waals surface area contributed by atoms with Crippen LogP contribution in [0.2, 0.25) is 5.02 Å². The highest BCUT2D eigenvalue weighted by Crippen LogP contribution is 2.45. The highest BCUT2D eigenvalue weighted by atomic mass is 79.9. The van der Waals surface area contributed by atoms with Gasteiger partial charge in [-0.3, -0.25) is 4.98 Å². The van der Waals surface area contributed by atoms with Crippen molar-refractivity contribution >= 4 is 56.2 Å². The van der Waals surface area contributed by atoms with Gasteiger partial charge in [0.05, 0.1) is 28.5 Å². The number of aryl methyl sites for hydroxylation is 1. The maximum atomic E-state index is 7.03. The lowest BCUT2D eigenvalue weighted by atomic mass is 9.91. The molecule has 4 atom stereocenters. The first-order chi connectivity index (χ1) is 19.7. The van der Waals surface area contributed by atoms with Crippen LogP contribution in [0.25, 0.3) is 5.69 Å². The number of nitrogens with zero attached hydrogens (tertiary/aromatic N) is 4. The fraction of sp³-hybridized carbons (Fsp3) is 0.333. The Morgan fingerprint density at radius 1 is 0.951 bits per heavy atom. The summed E-state index contributed by atoms with van der Waals surface area (Å²) >= 11 is 16.6. The first-order valence-corrected chi connectivity index (χ1v) is 15.8. The lowest BCUT2D eigenvalue weighted by Crippen LogP contribution is -2.38. The Morgan fingerprint density at radius 2 is 1.66 bits per heavy atom. The Balaban J connectivity index is 1.44. The van der Waals surface area contributed by atoms with E-state index in [4.69, 9.17) is 28.8 Å². The molecule has 2 saturated heterocycles. The van der Waals surface area contributed by atoms with Crippen LogP contribution in [-0.2, 0) is 0 Å². The van der Waals surface area contributed by atoms with Gasteiger partial charge >= 0.3 is 0 Å². The van der Waals surface area contributed by atoms with Gasteiger partial charge in [0.2, 0.25) is 0 Å². The molecule has 0 bridgehead atoms. The number of halogens is 2. The van der Waals surface area contributed by atoms with Crippen molar-refractivity contribution in [1.82, 2.24) is 14.9 Å². The number of hydrogen-bond acceptors (Lipinski definition) is 3. The van der Waals surface area contributed by atoms with E-state index < -0.39 is 0 Å². The molecule has 2 aromatic carbocycles. The van der Waals surface area contributed by atoms with Crippen molar-refractivity contribution in [3.63, 3.8) is 0 Å². The van der Waals surface area contributed by atoms with Gasteiger partial charge in [0.15, 0.2) is 5.11 Å². The minimum atomic E-state index is -0.121. The summed E-state index contributed by atoms with van der Waals surface area (Å²) in [5.74, 6) is 1.30. The minimum absolute atomic E-state index is 0.107. The fourth-order valence-corrected chi connectivity index (χ4v) is 7.69. The third-order valence-corrected chi connectivity index (χ3v) is 9.54. The van der Waals surface area contributed by atoms with Gasteiger partial charge in [0.25, 0.3) is 0 Å². The normalized spacial score (nSPS) is 22.7. The van der Waals surface area contributed by atoms with Crippen molar-refractivity contribution in [2.24, 2.45) is 11.8 Å². The summed E-state index contributed by atoms with van der Waals surface area (Å²) in [7, 11) is 0. The van der Waals surface area contributed by atoms with Gasteiger partial charge in [0.1, 0.15) is 0 Å². The first kappa shape index (κ1) is 28.3. The summed E-state index contributed by atoms with van der Waals surface area (Å²) in [6.07, 6.45) is 3.10. The van der Waals surface area contributed by atoms with E-state index in [1.54, 1.807) is 0 Å². The maximum absolute atomic E-state index is 7.03. The van der Waals surface area contributed by atoms with E-state index in [2.05, 4.69) is 118 Å². The van der Waals surface area contributed by atoms with Crippen molar-refractivity contribution in [1.29, 1.82) is 0 Å². The van der Waals surface area contributed by atoms with E-state index in [9.17, 15) is 0 Å². The van der Waals surface area contributed by atoms with Gasteiger partial charge < -0.3 is 19.7 Å². The minimum Gasteiger partial charge on any atom is -0.370 e. The molecule has 0 unspecified atom stereocenters. The Hall–Kier alpha value is -2.87. The zero-order chi connectivity index (χ0) is 28.8. The van der Waals surface area contributed by atoms with Gasteiger partial charge in [-0.05, 0) is 111 Å². The van der Waals surface area contributed by atoms with Crippen molar-refractivity contribution in [3.05, 3.63) is 105 Å². The van der Waals surface area contributed by atoms with E-state index in [-0.39, 0.29) is 12.1 Å². The van der Waals surface area contributed by atoms with Gasteiger partial charge in [-0.25, -0.2) is 0 Å². The molecule has 0 amide bonds. The smallest absolute Gasteiger partial charge is 0.174 e. The molecule has 5 nitrogen and oxygen atoms in total. The number of aromatic nitrogens is 2. The molecule has 0 spiro atoms. The Bertz CT molecular complexity index is 1560. The molecule has 1 N–H and O–H groups in total. The quantitative estimate of drug-likeness (QED) is 0.220. The second-order valence-electron chi connectivity index (χ2n) is 11.6. The average Bonchev–Trinajstić information content (AvgIpc) is 3.44. The summed E-state index contributed by atoms with van der Waals surface area (Å²) in [6, 6.07) is 23.0. The van der Waals surface area contributed by atoms with Crippen LogP contribution in [0.1, 0.15) is 55.0 Å². The first-order valence-electron chi connectivity index (χ1n) is 14.2. The van der Waals surface area contributed by atoms with Crippen LogP contribution in [0.4, 0.5) is 11.4 Å². The summed E-state index contributed by atoms with van der Waals surface area (Å²) < 4.78 is 3.37. The molecule has 0 radical (unpaired) electrons. The molecule has 2 aliphatic heterocycles. The molecular formula is C33H35BrClN5S. The number of pyridine rings is 1. The molecule has 6 rings (SSSR count). The summed E-state index contributed by atoms with van der Waals surface area (Å²) in [4.78, 5) is 9.40. The van der Waals surface area contributed by atoms with Crippen LogP contribution >= 0.6 is 39.7 Å². The SMILES string of the molecule is Cc1cc([C@@H]2[C@H](c3ccccn3)NC(=S)N2c2ccc(N3C[C@H](C)C[C@H](C)C3)c(Cl)c2)c(C)n1-c1ccc(Br)cc1. The summed E-state index contributed by atoms with van der Waals surface area (Å²) in [5.41, 5.74) is 7.69. The Kier molecular flexibility index (Phi) is 7.88. The van der Waals surface area contributed by atoms with Crippen molar-refractivity contribution in [2.75, 3.05) is 22.9 Å². The molecule has 41 heavy (non-hydrogen) atoms. The lowest BCUT2D eigenvalue weighted by molar-refractivity contribution is 0.357. The van der Waals surface area contributed by atoms with E-state index in [0.29, 0.717) is 16.9 Å². The predicted molar refractivity (Wildman–Crippen MR) is 177 cm³/mol. The highest BCUT2D eigenvalue weighted by Gasteiger charge is 2.42. The zero-order valence-corrected chi connectivity index (χ0v) is 27.0. The molecule has 2 aliphatic rings. The molecule has 2 fully saturated rings. The van der Waals surface area contributed by atoms with Crippen LogP contribution in [0, 0.1) is 25.7 Å². The van der Waals surface area contributed by atoms with Crippen molar-refractivity contribution < 1.29 is 0 Å². The molecular weight excluding hydrogens is 614 g/mol. The predicted octanol–water partition coefficient (Wildman–Crippen LogP) is 8.56. The molecule has 2 aromatic heterocycles. The lowest BCUT2D eigenvalue weighted by Gasteiger charge is -2.37.